The molecule has 1 N–H and O–H groups in total. The summed E-state index contributed by atoms with van der Waals surface area (Å²) in [4.78, 5) is 32.2. The molecule has 2 aromatic carbocycles. The van der Waals surface area contributed by atoms with Crippen LogP contribution in [-0.2, 0) is 11.3 Å². The molecule has 1 saturated heterocycles. The quantitative estimate of drug-likeness (QED) is 0.636. The second kappa shape index (κ2) is 9.31. The van der Waals surface area contributed by atoms with Gasteiger partial charge in [0.2, 0.25) is 5.91 Å². The Morgan fingerprint density at radius 2 is 1.90 bits per heavy atom. The van der Waals surface area contributed by atoms with Gasteiger partial charge in [0.1, 0.15) is 12.3 Å². The van der Waals surface area contributed by atoms with Crippen molar-refractivity contribution in [1.82, 2.24) is 19.8 Å². The van der Waals surface area contributed by atoms with Crippen LogP contribution in [0.25, 0.3) is 10.9 Å². The van der Waals surface area contributed by atoms with E-state index in [2.05, 4.69) is 15.2 Å². The van der Waals surface area contributed by atoms with Gasteiger partial charge in [-0.25, -0.2) is 4.98 Å². The van der Waals surface area contributed by atoms with E-state index in [1.807, 2.05) is 43.3 Å². The predicted molar refractivity (Wildman–Crippen MR) is 120 cm³/mol. The molecule has 1 atom stereocenters. The van der Waals surface area contributed by atoms with Gasteiger partial charge in [0, 0.05) is 6.54 Å². The summed E-state index contributed by atoms with van der Waals surface area (Å²) in [5, 5.41) is 3.55. The van der Waals surface area contributed by atoms with Crippen LogP contribution in [0.4, 0.5) is 0 Å². The van der Waals surface area contributed by atoms with E-state index in [1.54, 1.807) is 13.2 Å². The summed E-state index contributed by atoms with van der Waals surface area (Å²) in [5.41, 5.74) is 2.56. The topological polar surface area (TPSA) is 76.5 Å². The van der Waals surface area contributed by atoms with Crippen molar-refractivity contribution >= 4 is 16.8 Å². The summed E-state index contributed by atoms with van der Waals surface area (Å²) in [6.45, 7) is 4.38. The van der Waals surface area contributed by atoms with Gasteiger partial charge in [-0.1, -0.05) is 24.3 Å². The third-order valence-electron chi connectivity index (χ3n) is 5.94. The van der Waals surface area contributed by atoms with Crippen molar-refractivity contribution in [2.24, 2.45) is 0 Å². The number of hydrogen-bond acceptors (Lipinski definition) is 5. The van der Waals surface area contributed by atoms with Gasteiger partial charge in [-0.05, 0) is 62.2 Å². The first-order valence-corrected chi connectivity index (χ1v) is 10.7. The van der Waals surface area contributed by atoms with E-state index in [0.29, 0.717) is 17.4 Å². The van der Waals surface area contributed by atoms with Crippen molar-refractivity contribution in [3.05, 3.63) is 70.3 Å². The lowest BCUT2D eigenvalue weighted by atomic mass is 10.1. The fraction of sp³-hybridized carbons (Fsp3) is 0.375. The molecule has 1 amide bonds. The number of nitrogens with one attached hydrogen (secondary N) is 1. The Labute approximate surface area is 181 Å². The lowest BCUT2D eigenvalue weighted by Gasteiger charge is -2.28. The average Bonchev–Trinajstić information content (AvgIpc) is 3.31. The van der Waals surface area contributed by atoms with E-state index in [-0.39, 0.29) is 24.1 Å². The molecule has 0 aliphatic carbocycles. The van der Waals surface area contributed by atoms with Crippen LogP contribution in [0, 0.1) is 6.92 Å². The lowest BCUT2D eigenvalue weighted by molar-refractivity contribution is -0.122. The molecule has 0 radical (unpaired) electrons. The minimum Gasteiger partial charge on any atom is -0.497 e. The fourth-order valence-electron chi connectivity index (χ4n) is 4.21. The Bertz CT molecular complexity index is 1120. The zero-order valence-electron chi connectivity index (χ0n) is 18.0. The maximum absolute atomic E-state index is 12.8. The summed E-state index contributed by atoms with van der Waals surface area (Å²) < 4.78 is 6.64. The molecule has 1 aromatic heterocycles. The van der Waals surface area contributed by atoms with Crippen molar-refractivity contribution in [2.45, 2.75) is 32.4 Å². The van der Waals surface area contributed by atoms with E-state index in [1.165, 1.54) is 10.9 Å². The van der Waals surface area contributed by atoms with Crippen molar-refractivity contribution in [1.29, 1.82) is 0 Å². The molecular weight excluding hydrogens is 392 g/mol. The number of carbonyl (C=O) groups excluding carboxylic acids is 1. The number of likely N-dealkylation sites (tertiary alicyclic amines) is 1. The van der Waals surface area contributed by atoms with Crippen LogP contribution in [0.15, 0.2) is 53.6 Å². The number of methoxy groups -OCH3 is 1. The molecule has 162 valence electrons. The number of aromatic nitrogens is 2. The van der Waals surface area contributed by atoms with Crippen LogP contribution in [0.2, 0.25) is 0 Å². The monoisotopic (exact) mass is 420 g/mol. The number of nitrogens with zero attached hydrogens (tertiary/aromatic N) is 3. The number of ether oxygens (including phenoxy) is 1. The van der Waals surface area contributed by atoms with Crippen molar-refractivity contribution in [3.63, 3.8) is 0 Å². The summed E-state index contributed by atoms with van der Waals surface area (Å²) in [6, 6.07) is 13.6. The maximum Gasteiger partial charge on any atom is 0.261 e. The molecule has 1 unspecified atom stereocenters. The zero-order valence-corrected chi connectivity index (χ0v) is 18.0. The third-order valence-corrected chi connectivity index (χ3v) is 5.94. The third kappa shape index (κ3) is 4.61. The number of hydrogen-bond donors (Lipinski definition) is 1. The molecule has 1 aliphatic rings. The SMILES string of the molecule is COc1ccc(C(CNC(=O)Cn2cnc3c(C)cccc3c2=O)N2CCCC2)cc1. The van der Waals surface area contributed by atoms with Crippen LogP contribution in [-0.4, -0.2) is 47.1 Å². The number of amides is 1. The summed E-state index contributed by atoms with van der Waals surface area (Å²) in [5.74, 6) is 0.611. The normalized spacial score (nSPS) is 15.2. The van der Waals surface area contributed by atoms with Gasteiger partial charge >= 0.3 is 0 Å². The van der Waals surface area contributed by atoms with Crippen molar-refractivity contribution in [3.8, 4) is 5.75 Å². The van der Waals surface area contributed by atoms with Crippen LogP contribution in [0.5, 0.6) is 5.75 Å². The summed E-state index contributed by atoms with van der Waals surface area (Å²) >= 11 is 0. The van der Waals surface area contributed by atoms with Gasteiger partial charge in [0.15, 0.2) is 0 Å². The first-order chi connectivity index (χ1) is 15.1. The van der Waals surface area contributed by atoms with E-state index < -0.39 is 0 Å². The van der Waals surface area contributed by atoms with Gasteiger partial charge in [-0.2, -0.15) is 0 Å². The predicted octanol–water partition coefficient (Wildman–Crippen LogP) is 2.67. The number of rotatable bonds is 7. The Morgan fingerprint density at radius 1 is 1.16 bits per heavy atom. The van der Waals surface area contributed by atoms with Crippen LogP contribution in [0.1, 0.15) is 30.0 Å². The van der Waals surface area contributed by atoms with E-state index in [9.17, 15) is 9.59 Å². The molecule has 7 nitrogen and oxygen atoms in total. The van der Waals surface area contributed by atoms with Crippen LogP contribution in [0.3, 0.4) is 0 Å². The number of aryl methyl sites for hydroxylation is 1. The highest BCUT2D eigenvalue weighted by molar-refractivity contribution is 5.81. The van der Waals surface area contributed by atoms with Gasteiger partial charge in [-0.15, -0.1) is 0 Å². The first-order valence-electron chi connectivity index (χ1n) is 10.7. The smallest absolute Gasteiger partial charge is 0.261 e. The molecule has 0 saturated carbocycles. The van der Waals surface area contributed by atoms with Gasteiger partial charge < -0.3 is 10.1 Å². The Kier molecular flexibility index (Phi) is 6.32. The van der Waals surface area contributed by atoms with E-state index in [0.717, 1.165) is 42.8 Å². The maximum atomic E-state index is 12.8. The molecule has 0 spiro atoms. The lowest BCUT2D eigenvalue weighted by Crippen LogP contribution is -2.39. The minimum atomic E-state index is -0.200. The first kappa shape index (κ1) is 21.1. The highest BCUT2D eigenvalue weighted by atomic mass is 16.5. The largest absolute Gasteiger partial charge is 0.497 e. The molecule has 3 aromatic rings. The number of para-hydroxylation sites is 1. The molecule has 1 fully saturated rings. The van der Waals surface area contributed by atoms with E-state index in [4.69, 9.17) is 4.74 Å². The number of benzene rings is 2. The van der Waals surface area contributed by atoms with E-state index >= 15 is 0 Å². The minimum absolute atomic E-state index is 0.0505. The highest BCUT2D eigenvalue weighted by Gasteiger charge is 2.24. The summed E-state index contributed by atoms with van der Waals surface area (Å²) in [7, 11) is 1.65. The molecule has 0 bridgehead atoms. The van der Waals surface area contributed by atoms with Crippen molar-refractivity contribution < 1.29 is 9.53 Å². The fourth-order valence-corrected chi connectivity index (χ4v) is 4.21. The van der Waals surface area contributed by atoms with Crippen molar-refractivity contribution in [2.75, 3.05) is 26.7 Å². The molecule has 31 heavy (non-hydrogen) atoms. The zero-order chi connectivity index (χ0) is 21.8. The highest BCUT2D eigenvalue weighted by Crippen LogP contribution is 2.26. The number of fused-ring (bicyclic) bond motifs is 1. The Hall–Kier alpha value is -3.19. The second-order valence-corrected chi connectivity index (χ2v) is 7.98. The standard InChI is InChI=1S/C24H28N4O3/c1-17-6-5-7-20-23(17)26-16-28(24(20)30)15-22(29)25-14-21(27-12-3-4-13-27)18-8-10-19(31-2)11-9-18/h5-11,16,21H,3-4,12-15H2,1-2H3,(H,25,29). The number of carbonyl (C=O) groups is 1. The van der Waals surface area contributed by atoms with Crippen LogP contribution >= 0.6 is 0 Å². The molecular formula is C24H28N4O3. The second-order valence-electron chi connectivity index (χ2n) is 7.98. The average molecular weight is 421 g/mol. The molecule has 2 heterocycles. The Balaban J connectivity index is 1.47. The summed E-state index contributed by atoms with van der Waals surface area (Å²) in [6.07, 6.45) is 3.79. The molecule has 4 rings (SSSR count). The van der Waals surface area contributed by atoms with Gasteiger partial charge in [0.25, 0.3) is 5.56 Å². The Morgan fingerprint density at radius 3 is 2.61 bits per heavy atom. The van der Waals surface area contributed by atoms with Crippen LogP contribution < -0.4 is 15.6 Å². The van der Waals surface area contributed by atoms with Gasteiger partial charge in [-0.3, -0.25) is 19.1 Å². The molecule has 1 aliphatic heterocycles. The molecule has 7 heteroatoms. The van der Waals surface area contributed by atoms with Gasteiger partial charge in [0.05, 0.1) is 30.4 Å².